The first-order chi connectivity index (χ1) is 8.19. The Morgan fingerprint density at radius 2 is 2.35 bits per heavy atom. The largest absolute Gasteiger partial charge is 0.325 e. The van der Waals surface area contributed by atoms with Crippen LogP contribution in [0.2, 0.25) is 0 Å². The third-order valence-electron chi connectivity index (χ3n) is 2.93. The molecule has 0 atom stereocenters. The van der Waals surface area contributed by atoms with Gasteiger partial charge in [-0.05, 0) is 36.7 Å². The van der Waals surface area contributed by atoms with E-state index in [2.05, 4.69) is 23.3 Å². The number of amides is 1. The van der Waals surface area contributed by atoms with Crippen molar-refractivity contribution >= 4 is 11.6 Å². The average molecular weight is 229 g/mol. The molecule has 4 nitrogen and oxygen atoms in total. The van der Waals surface area contributed by atoms with E-state index in [1.54, 1.807) is 0 Å². The van der Waals surface area contributed by atoms with E-state index in [0.29, 0.717) is 0 Å². The second-order valence-electron chi connectivity index (χ2n) is 4.35. The summed E-state index contributed by atoms with van der Waals surface area (Å²) in [6, 6.07) is 7.80. The van der Waals surface area contributed by atoms with Crippen molar-refractivity contribution in [3.05, 3.63) is 29.3 Å². The van der Waals surface area contributed by atoms with Gasteiger partial charge >= 0.3 is 0 Å². The molecular weight excluding hydrogens is 214 g/mol. The molecule has 0 spiro atoms. The molecule has 0 radical (unpaired) electrons. The Bertz CT molecular complexity index is 476. The highest BCUT2D eigenvalue weighted by Gasteiger charge is 2.13. The van der Waals surface area contributed by atoms with E-state index in [4.69, 9.17) is 5.26 Å². The molecule has 0 saturated heterocycles. The van der Waals surface area contributed by atoms with E-state index in [0.717, 1.165) is 25.2 Å². The summed E-state index contributed by atoms with van der Waals surface area (Å²) in [6.45, 7) is 1.99. The Morgan fingerprint density at radius 1 is 1.53 bits per heavy atom. The number of carbonyl (C=O) groups is 1. The van der Waals surface area contributed by atoms with Gasteiger partial charge in [0.15, 0.2) is 0 Å². The fraction of sp³-hybridized carbons (Fsp3) is 0.385. The number of fused-ring (bicyclic) bond motifs is 1. The summed E-state index contributed by atoms with van der Waals surface area (Å²) in [4.78, 5) is 13.6. The number of hydrogen-bond acceptors (Lipinski definition) is 3. The highest BCUT2D eigenvalue weighted by Crippen LogP contribution is 2.21. The minimum absolute atomic E-state index is 0.100. The summed E-state index contributed by atoms with van der Waals surface area (Å²) in [7, 11) is 2.09. The van der Waals surface area contributed by atoms with E-state index >= 15 is 0 Å². The molecule has 4 heteroatoms. The maximum Gasteiger partial charge on any atom is 0.238 e. The summed E-state index contributed by atoms with van der Waals surface area (Å²) in [5.74, 6) is -0.253. The predicted molar refractivity (Wildman–Crippen MR) is 65.3 cm³/mol. The lowest BCUT2D eigenvalue weighted by Gasteiger charge is -2.25. The molecule has 2 rings (SSSR count). The Labute approximate surface area is 101 Å². The summed E-state index contributed by atoms with van der Waals surface area (Å²) in [5.41, 5.74) is 3.38. The van der Waals surface area contributed by atoms with E-state index in [1.807, 2.05) is 18.2 Å². The minimum atomic E-state index is -0.253. The lowest BCUT2D eigenvalue weighted by atomic mass is 9.99. The van der Waals surface area contributed by atoms with Gasteiger partial charge in [-0.3, -0.25) is 4.79 Å². The average Bonchev–Trinajstić information content (AvgIpc) is 2.28. The molecule has 1 heterocycles. The zero-order chi connectivity index (χ0) is 12.3. The van der Waals surface area contributed by atoms with Crippen molar-refractivity contribution in [1.29, 1.82) is 5.26 Å². The fourth-order valence-electron chi connectivity index (χ4n) is 2.05. The molecule has 88 valence electrons. The Morgan fingerprint density at radius 3 is 3.12 bits per heavy atom. The highest BCUT2D eigenvalue weighted by atomic mass is 16.1. The van der Waals surface area contributed by atoms with Gasteiger partial charge in [0.25, 0.3) is 0 Å². The van der Waals surface area contributed by atoms with Crippen molar-refractivity contribution in [3.8, 4) is 6.07 Å². The molecular formula is C13H15N3O. The molecule has 0 unspecified atom stereocenters. The van der Waals surface area contributed by atoms with Crippen LogP contribution in [0.3, 0.4) is 0 Å². The molecule has 1 amide bonds. The molecule has 1 aliphatic heterocycles. The summed E-state index contributed by atoms with van der Waals surface area (Å²) < 4.78 is 0. The third-order valence-corrected chi connectivity index (χ3v) is 2.93. The lowest BCUT2D eigenvalue weighted by Crippen LogP contribution is -2.26. The van der Waals surface area contributed by atoms with Crippen LogP contribution in [0, 0.1) is 11.3 Å². The zero-order valence-electron chi connectivity index (χ0n) is 9.86. The number of nitriles is 1. The highest BCUT2D eigenvalue weighted by molar-refractivity contribution is 5.92. The van der Waals surface area contributed by atoms with Crippen molar-refractivity contribution in [2.24, 2.45) is 0 Å². The third kappa shape index (κ3) is 2.83. The van der Waals surface area contributed by atoms with Crippen LogP contribution < -0.4 is 5.32 Å². The van der Waals surface area contributed by atoms with E-state index in [9.17, 15) is 4.79 Å². The number of rotatable bonds is 2. The van der Waals surface area contributed by atoms with Gasteiger partial charge in [-0.25, -0.2) is 0 Å². The molecule has 0 fully saturated rings. The van der Waals surface area contributed by atoms with E-state index in [1.165, 1.54) is 11.1 Å². The monoisotopic (exact) mass is 229 g/mol. The topological polar surface area (TPSA) is 56.1 Å². The number of likely N-dealkylation sites (N-methyl/N-ethyl adjacent to an activating group) is 1. The molecule has 1 aromatic carbocycles. The van der Waals surface area contributed by atoms with Crippen LogP contribution in [0.5, 0.6) is 0 Å². The molecule has 17 heavy (non-hydrogen) atoms. The quantitative estimate of drug-likeness (QED) is 0.836. The van der Waals surface area contributed by atoms with Crippen LogP contribution in [0.1, 0.15) is 17.5 Å². The first-order valence-electron chi connectivity index (χ1n) is 5.66. The van der Waals surface area contributed by atoms with Crippen LogP contribution in [0.25, 0.3) is 0 Å². The Hall–Kier alpha value is -1.86. The number of benzene rings is 1. The fourth-order valence-corrected chi connectivity index (χ4v) is 2.05. The minimum Gasteiger partial charge on any atom is -0.325 e. The van der Waals surface area contributed by atoms with E-state index < -0.39 is 0 Å². The van der Waals surface area contributed by atoms with Gasteiger partial charge in [0.1, 0.15) is 6.42 Å². The smallest absolute Gasteiger partial charge is 0.238 e. The van der Waals surface area contributed by atoms with Crippen molar-refractivity contribution in [2.45, 2.75) is 19.4 Å². The summed E-state index contributed by atoms with van der Waals surface area (Å²) in [6.07, 6.45) is 0.954. The number of hydrogen-bond donors (Lipinski definition) is 1. The number of nitrogens with one attached hydrogen (secondary N) is 1. The maximum atomic E-state index is 11.3. The van der Waals surface area contributed by atoms with Gasteiger partial charge in [0, 0.05) is 18.8 Å². The number of nitrogens with zero attached hydrogens (tertiary/aromatic N) is 2. The molecule has 0 bridgehead atoms. The lowest BCUT2D eigenvalue weighted by molar-refractivity contribution is -0.115. The van der Waals surface area contributed by atoms with Crippen LogP contribution in [-0.4, -0.2) is 24.4 Å². The van der Waals surface area contributed by atoms with Crippen LogP contribution in [0.15, 0.2) is 18.2 Å². The van der Waals surface area contributed by atoms with Crippen LogP contribution in [0.4, 0.5) is 5.69 Å². The van der Waals surface area contributed by atoms with Gasteiger partial charge in [-0.1, -0.05) is 6.07 Å². The van der Waals surface area contributed by atoms with Gasteiger partial charge in [0.05, 0.1) is 6.07 Å². The Kier molecular flexibility index (Phi) is 3.40. The standard InChI is InChI=1S/C13H15N3O/c1-16-7-5-10-2-3-12(8-11(10)9-16)15-13(17)4-6-14/h2-3,8H,4-5,7,9H2,1H3,(H,15,17). The maximum absolute atomic E-state index is 11.3. The summed E-state index contributed by atoms with van der Waals surface area (Å²) >= 11 is 0. The predicted octanol–water partition coefficient (Wildman–Crippen LogP) is 1.53. The number of carbonyl (C=O) groups excluding carboxylic acids is 1. The molecule has 1 aliphatic rings. The molecule has 0 aliphatic carbocycles. The van der Waals surface area contributed by atoms with E-state index in [-0.39, 0.29) is 12.3 Å². The van der Waals surface area contributed by atoms with Crippen molar-refractivity contribution in [1.82, 2.24) is 4.90 Å². The van der Waals surface area contributed by atoms with Gasteiger partial charge in [0.2, 0.25) is 5.91 Å². The number of anilines is 1. The van der Waals surface area contributed by atoms with Crippen LogP contribution >= 0.6 is 0 Å². The normalized spacial score (nSPS) is 14.8. The SMILES string of the molecule is CN1CCc2ccc(NC(=O)CC#N)cc2C1. The first-order valence-corrected chi connectivity index (χ1v) is 5.66. The van der Waals surface area contributed by atoms with Gasteiger partial charge < -0.3 is 10.2 Å². The van der Waals surface area contributed by atoms with Crippen molar-refractivity contribution < 1.29 is 4.79 Å². The van der Waals surface area contributed by atoms with Crippen LogP contribution in [-0.2, 0) is 17.8 Å². The zero-order valence-corrected chi connectivity index (χ0v) is 9.86. The molecule has 1 N–H and O–H groups in total. The van der Waals surface area contributed by atoms with Crippen molar-refractivity contribution in [3.63, 3.8) is 0 Å². The summed E-state index contributed by atoms with van der Waals surface area (Å²) in [5, 5.41) is 11.2. The van der Waals surface area contributed by atoms with Gasteiger partial charge in [-0.15, -0.1) is 0 Å². The molecule has 0 aromatic heterocycles. The van der Waals surface area contributed by atoms with Gasteiger partial charge in [-0.2, -0.15) is 5.26 Å². The van der Waals surface area contributed by atoms with Crippen molar-refractivity contribution in [2.75, 3.05) is 18.9 Å². The molecule has 1 aromatic rings. The second-order valence-corrected chi connectivity index (χ2v) is 4.35. The first kappa shape index (κ1) is 11.6. The molecule has 0 saturated carbocycles. The Balaban J connectivity index is 2.13. The second kappa shape index (κ2) is 4.98.